The highest BCUT2D eigenvalue weighted by Gasteiger charge is 2.16. The van der Waals surface area contributed by atoms with E-state index in [2.05, 4.69) is 0 Å². The smallest absolute Gasteiger partial charge is 0.163 e. The van der Waals surface area contributed by atoms with E-state index >= 15 is 0 Å². The van der Waals surface area contributed by atoms with E-state index in [1.165, 1.54) is 12.1 Å². The molecule has 2 N–H and O–H groups in total. The fraction of sp³-hybridized carbons (Fsp3) is 0.143. The molecule has 0 aromatic heterocycles. The lowest BCUT2D eigenvalue weighted by atomic mass is 9.99. The molecule has 0 aliphatic carbocycles. The Morgan fingerprint density at radius 2 is 1.84 bits per heavy atom. The van der Waals surface area contributed by atoms with E-state index in [9.17, 15) is 8.78 Å². The molecular formula is C14H11Cl2F2N. The SMILES string of the molecule is NC(Cc1cc(Cl)ccc1Cl)c1cccc(F)c1F. The fourth-order valence-electron chi connectivity index (χ4n) is 1.85. The lowest BCUT2D eigenvalue weighted by Gasteiger charge is -2.14. The molecule has 0 aliphatic heterocycles. The highest BCUT2D eigenvalue weighted by atomic mass is 35.5. The van der Waals surface area contributed by atoms with Crippen molar-refractivity contribution in [1.82, 2.24) is 0 Å². The fourth-order valence-corrected chi connectivity index (χ4v) is 2.24. The van der Waals surface area contributed by atoms with Gasteiger partial charge in [0.05, 0.1) is 0 Å². The summed E-state index contributed by atoms with van der Waals surface area (Å²) in [4.78, 5) is 0. The second-order valence-corrected chi connectivity index (χ2v) is 5.03. The first-order chi connectivity index (χ1) is 8.99. The van der Waals surface area contributed by atoms with E-state index in [4.69, 9.17) is 28.9 Å². The largest absolute Gasteiger partial charge is 0.324 e. The van der Waals surface area contributed by atoms with Crippen LogP contribution in [0.2, 0.25) is 10.0 Å². The highest BCUT2D eigenvalue weighted by molar-refractivity contribution is 6.33. The van der Waals surface area contributed by atoms with Crippen LogP contribution >= 0.6 is 23.2 Å². The average Bonchev–Trinajstić information content (AvgIpc) is 2.37. The molecule has 2 aromatic carbocycles. The molecule has 0 fully saturated rings. The third kappa shape index (κ3) is 3.24. The molecule has 0 amide bonds. The summed E-state index contributed by atoms with van der Waals surface area (Å²) in [7, 11) is 0. The number of hydrogen-bond donors (Lipinski definition) is 1. The van der Waals surface area contributed by atoms with E-state index in [-0.39, 0.29) is 12.0 Å². The molecule has 0 aliphatic rings. The van der Waals surface area contributed by atoms with Crippen LogP contribution in [0.25, 0.3) is 0 Å². The van der Waals surface area contributed by atoms with Crippen molar-refractivity contribution in [3.05, 3.63) is 69.2 Å². The van der Waals surface area contributed by atoms with Gasteiger partial charge in [-0.25, -0.2) is 8.78 Å². The Kier molecular flexibility index (Phi) is 4.40. The summed E-state index contributed by atoms with van der Waals surface area (Å²) in [6.07, 6.45) is 0.278. The van der Waals surface area contributed by atoms with Gasteiger partial charge in [0.2, 0.25) is 0 Å². The second kappa shape index (κ2) is 5.87. The standard InChI is InChI=1S/C14H11Cl2F2N/c15-9-4-5-11(16)8(6-9)7-13(19)10-2-1-3-12(17)14(10)18/h1-6,13H,7,19H2. The van der Waals surface area contributed by atoms with Crippen LogP contribution in [-0.4, -0.2) is 0 Å². The summed E-state index contributed by atoms with van der Waals surface area (Å²) < 4.78 is 26.8. The minimum Gasteiger partial charge on any atom is -0.324 e. The molecule has 19 heavy (non-hydrogen) atoms. The molecule has 2 aromatic rings. The van der Waals surface area contributed by atoms with Crippen molar-refractivity contribution in [3.8, 4) is 0 Å². The zero-order chi connectivity index (χ0) is 14.0. The molecule has 1 unspecified atom stereocenters. The third-order valence-corrected chi connectivity index (χ3v) is 3.43. The number of nitrogens with two attached hydrogens (primary N) is 1. The lowest BCUT2D eigenvalue weighted by molar-refractivity contribution is 0.488. The predicted octanol–water partition coefficient (Wildman–Crippen LogP) is 4.51. The predicted molar refractivity (Wildman–Crippen MR) is 73.5 cm³/mol. The van der Waals surface area contributed by atoms with Crippen molar-refractivity contribution in [2.45, 2.75) is 12.5 Å². The Hall–Kier alpha value is -1.16. The Balaban J connectivity index is 2.28. The summed E-state index contributed by atoms with van der Waals surface area (Å²) in [6.45, 7) is 0. The molecule has 0 saturated carbocycles. The summed E-state index contributed by atoms with van der Waals surface area (Å²) in [5.41, 5.74) is 6.73. The maximum atomic E-state index is 13.6. The van der Waals surface area contributed by atoms with Crippen molar-refractivity contribution in [2.24, 2.45) is 5.73 Å². The van der Waals surface area contributed by atoms with Crippen molar-refractivity contribution < 1.29 is 8.78 Å². The molecule has 2 rings (SSSR count). The van der Waals surface area contributed by atoms with Crippen LogP contribution in [0.5, 0.6) is 0 Å². The summed E-state index contributed by atoms with van der Waals surface area (Å²) in [5.74, 6) is -1.83. The van der Waals surface area contributed by atoms with Gasteiger partial charge in [-0.2, -0.15) is 0 Å². The van der Waals surface area contributed by atoms with Gasteiger partial charge in [0.1, 0.15) is 0 Å². The molecule has 1 atom stereocenters. The number of rotatable bonds is 3. The number of hydrogen-bond acceptors (Lipinski definition) is 1. The van der Waals surface area contributed by atoms with Gasteiger partial charge in [-0.05, 0) is 36.2 Å². The lowest BCUT2D eigenvalue weighted by Crippen LogP contribution is -2.16. The van der Waals surface area contributed by atoms with Gasteiger partial charge in [-0.3, -0.25) is 0 Å². The van der Waals surface area contributed by atoms with Gasteiger partial charge < -0.3 is 5.73 Å². The van der Waals surface area contributed by atoms with Crippen LogP contribution in [0.15, 0.2) is 36.4 Å². The van der Waals surface area contributed by atoms with Crippen LogP contribution in [0.1, 0.15) is 17.2 Å². The Morgan fingerprint density at radius 3 is 2.58 bits per heavy atom. The van der Waals surface area contributed by atoms with E-state index in [0.29, 0.717) is 15.6 Å². The molecule has 1 nitrogen and oxygen atoms in total. The molecule has 100 valence electrons. The quantitative estimate of drug-likeness (QED) is 0.886. The van der Waals surface area contributed by atoms with E-state index in [0.717, 1.165) is 6.07 Å². The summed E-state index contributed by atoms with van der Waals surface area (Å²) >= 11 is 11.9. The molecule has 0 radical (unpaired) electrons. The highest BCUT2D eigenvalue weighted by Crippen LogP contribution is 2.26. The van der Waals surface area contributed by atoms with Crippen LogP contribution < -0.4 is 5.73 Å². The Morgan fingerprint density at radius 1 is 1.11 bits per heavy atom. The van der Waals surface area contributed by atoms with Crippen LogP contribution in [0, 0.1) is 11.6 Å². The molecule has 5 heteroatoms. The minimum absolute atomic E-state index is 0.121. The molecule has 0 saturated heterocycles. The van der Waals surface area contributed by atoms with Crippen LogP contribution in [0.3, 0.4) is 0 Å². The van der Waals surface area contributed by atoms with E-state index in [1.807, 2.05) is 0 Å². The molecule has 0 heterocycles. The van der Waals surface area contributed by atoms with E-state index in [1.54, 1.807) is 18.2 Å². The summed E-state index contributed by atoms with van der Waals surface area (Å²) in [6, 6.07) is 8.22. The van der Waals surface area contributed by atoms with Gasteiger partial charge in [-0.15, -0.1) is 0 Å². The van der Waals surface area contributed by atoms with Gasteiger partial charge in [0.25, 0.3) is 0 Å². The van der Waals surface area contributed by atoms with Crippen molar-refractivity contribution in [2.75, 3.05) is 0 Å². The summed E-state index contributed by atoms with van der Waals surface area (Å²) in [5, 5.41) is 1.02. The first kappa shape index (κ1) is 14.3. The van der Waals surface area contributed by atoms with Gasteiger partial charge >= 0.3 is 0 Å². The molecule has 0 spiro atoms. The normalized spacial score (nSPS) is 12.5. The number of halogens is 4. The third-order valence-electron chi connectivity index (χ3n) is 2.83. The monoisotopic (exact) mass is 301 g/mol. The molecular weight excluding hydrogens is 291 g/mol. The van der Waals surface area contributed by atoms with Crippen molar-refractivity contribution in [1.29, 1.82) is 0 Å². The number of benzene rings is 2. The first-order valence-electron chi connectivity index (χ1n) is 5.62. The zero-order valence-corrected chi connectivity index (χ0v) is 11.3. The van der Waals surface area contributed by atoms with Gasteiger partial charge in [-0.1, -0.05) is 35.3 Å². The van der Waals surface area contributed by atoms with Gasteiger partial charge in [0, 0.05) is 21.7 Å². The Labute approximate surface area is 119 Å². The van der Waals surface area contributed by atoms with Crippen molar-refractivity contribution >= 4 is 23.2 Å². The molecule has 0 bridgehead atoms. The Bertz CT molecular complexity index is 602. The van der Waals surface area contributed by atoms with Gasteiger partial charge in [0.15, 0.2) is 11.6 Å². The zero-order valence-electron chi connectivity index (χ0n) is 9.84. The second-order valence-electron chi connectivity index (χ2n) is 4.19. The van der Waals surface area contributed by atoms with Crippen LogP contribution in [-0.2, 0) is 6.42 Å². The maximum Gasteiger partial charge on any atom is 0.163 e. The first-order valence-corrected chi connectivity index (χ1v) is 6.38. The average molecular weight is 302 g/mol. The topological polar surface area (TPSA) is 26.0 Å². The minimum atomic E-state index is -0.923. The maximum absolute atomic E-state index is 13.6. The van der Waals surface area contributed by atoms with E-state index < -0.39 is 17.7 Å². The van der Waals surface area contributed by atoms with Crippen molar-refractivity contribution in [3.63, 3.8) is 0 Å². The van der Waals surface area contributed by atoms with Crippen LogP contribution in [0.4, 0.5) is 8.78 Å².